The maximum absolute atomic E-state index is 10.4. The minimum atomic E-state index is -0.604. The molecule has 2 nitrogen and oxygen atoms in total. The molecule has 4 aliphatic carbocycles. The Morgan fingerprint density at radius 1 is 0.413 bits per heavy atom. The third-order valence-electron chi connectivity index (χ3n) is 14.1. The minimum absolute atomic E-state index is 0.545. The summed E-state index contributed by atoms with van der Waals surface area (Å²) in [6, 6.07) is 48.4. The zero-order chi connectivity index (χ0) is 43.9. The number of phenols is 2. The fourth-order valence-corrected chi connectivity index (χ4v) is 21.7. The van der Waals surface area contributed by atoms with Gasteiger partial charge < -0.3 is 10.2 Å². The number of benzene rings is 5. The van der Waals surface area contributed by atoms with E-state index in [0.717, 1.165) is 29.1 Å². The first-order chi connectivity index (χ1) is 31.0. The van der Waals surface area contributed by atoms with Crippen LogP contribution < -0.4 is 21.2 Å². The van der Waals surface area contributed by atoms with Crippen LogP contribution in [0.2, 0.25) is 0 Å². The predicted molar refractivity (Wildman–Crippen MR) is 280 cm³/mol. The molecule has 4 fully saturated rings. The Hall–Kier alpha value is -2.57. The van der Waals surface area contributed by atoms with Crippen LogP contribution in [0.4, 0.5) is 0 Å². The van der Waals surface area contributed by atoms with Gasteiger partial charge in [0.25, 0.3) is 0 Å². The van der Waals surface area contributed by atoms with Crippen LogP contribution in [0.5, 0.6) is 11.5 Å². The van der Waals surface area contributed by atoms with E-state index in [1.807, 2.05) is 30.3 Å². The molecule has 0 heterocycles. The number of aromatic hydroxyl groups is 2. The van der Waals surface area contributed by atoms with Crippen LogP contribution >= 0.6 is 23.8 Å². The monoisotopic (exact) mass is 1070 g/mol. The van der Waals surface area contributed by atoms with E-state index in [0.29, 0.717) is 11.5 Å². The quantitative estimate of drug-likeness (QED) is 0.144. The summed E-state index contributed by atoms with van der Waals surface area (Å²) < 4.78 is 3.14. The van der Waals surface area contributed by atoms with E-state index >= 15 is 0 Å². The third-order valence-corrected chi connectivity index (χ3v) is 24.9. The van der Waals surface area contributed by atoms with Gasteiger partial charge in [0.1, 0.15) is 10.6 Å². The summed E-state index contributed by atoms with van der Waals surface area (Å²) in [6.07, 6.45) is 29.3. The molecule has 63 heavy (non-hydrogen) atoms. The first-order valence-electron chi connectivity index (χ1n) is 24.7. The van der Waals surface area contributed by atoms with Crippen LogP contribution in [0.3, 0.4) is 0 Å². The second-order valence-corrected chi connectivity index (χ2v) is 28.0. The van der Waals surface area contributed by atoms with Crippen LogP contribution in [0, 0.1) is 4.29 Å². The van der Waals surface area contributed by atoms with Crippen molar-refractivity contribution < 1.29 is 28.8 Å². The second kappa shape index (κ2) is 28.5. The van der Waals surface area contributed by atoms with Crippen molar-refractivity contribution in [3.8, 4) is 15.8 Å². The Labute approximate surface area is 396 Å². The number of hydrogen-bond acceptors (Lipinski definition) is 2. The topological polar surface area (TPSA) is 40.5 Å². The zero-order valence-electron chi connectivity index (χ0n) is 38.2. The van der Waals surface area contributed by atoms with E-state index in [1.54, 1.807) is 18.5 Å². The Morgan fingerprint density at radius 3 is 1.00 bits per heavy atom. The van der Waals surface area contributed by atoms with Gasteiger partial charge in [0, 0.05) is 15.8 Å². The van der Waals surface area contributed by atoms with E-state index < -0.39 is 23.8 Å². The van der Waals surface area contributed by atoms with Gasteiger partial charge in [0.05, 0.1) is 47.8 Å². The molecule has 9 rings (SSSR count). The van der Waals surface area contributed by atoms with Crippen molar-refractivity contribution in [1.29, 1.82) is 0 Å². The molecule has 0 aromatic heterocycles. The summed E-state index contributed by atoms with van der Waals surface area (Å²) in [6.45, 7) is 2.34. The molecule has 0 unspecified atom stereocenters. The molecule has 0 bridgehead atoms. The molecule has 0 amide bonds. The SMILES string of the molecule is C[PH+](c1ccccc1)c1ccccc1.Oc1ccccc1[PH+](C1CCCCC1)C1CCCCC1.Oc1ccccc1[PH+](C1CCCCC1)C1CCCCC1.[Re]#[C]Cc1ccccc1. The van der Waals surface area contributed by atoms with Crippen LogP contribution in [0.1, 0.15) is 134 Å². The fraction of sp³-hybridized carbons (Fsp3) is 0.456. The summed E-state index contributed by atoms with van der Waals surface area (Å²) in [5.74, 6) is 1.16. The Kier molecular flexibility index (Phi) is 22.5. The zero-order valence-corrected chi connectivity index (χ0v) is 43.9. The summed E-state index contributed by atoms with van der Waals surface area (Å²) in [5.41, 5.74) is 4.98. The fourth-order valence-electron chi connectivity index (χ4n) is 10.9. The maximum atomic E-state index is 10.4. The summed E-state index contributed by atoms with van der Waals surface area (Å²) in [5, 5.41) is 26.4. The molecular weight excluding hydrogens is 996 g/mol. The third kappa shape index (κ3) is 16.1. The molecule has 0 spiro atoms. The Bertz CT molecular complexity index is 1860. The molecule has 2 N–H and O–H groups in total. The molecule has 0 aliphatic heterocycles. The van der Waals surface area contributed by atoms with Crippen molar-refractivity contribution >= 4 is 45.0 Å². The van der Waals surface area contributed by atoms with Crippen LogP contribution in [0.15, 0.2) is 140 Å². The number of phenolic OH excluding ortho intramolecular Hbond substituents is 2. The van der Waals surface area contributed by atoms with Gasteiger partial charge in [0.2, 0.25) is 0 Å². The Morgan fingerprint density at radius 2 is 0.698 bits per heavy atom. The molecule has 4 saturated carbocycles. The number of rotatable bonds is 9. The van der Waals surface area contributed by atoms with Crippen LogP contribution in [-0.4, -0.2) is 39.5 Å². The standard InChI is InChI=1S/2C18H27OP.C13H13P.C8H7.Re/c2*19-17-13-7-8-14-18(17)20(15-9-3-1-4-10-15)16-11-5-2-6-12-16;1-14(12-8-4-2-5-9-12)13-10-6-3-7-11-13;1-2-8-6-4-3-5-7-8;/h2*7-8,13-16,19H,1-6,9-12H2;2-11H,1H3;3-7H,2H2;/p+3. The normalized spacial score (nSPS) is 17.7. The average Bonchev–Trinajstić information content (AvgIpc) is 3.36. The molecule has 4 aliphatic rings. The molecule has 0 saturated heterocycles. The van der Waals surface area contributed by atoms with Crippen molar-refractivity contribution in [2.45, 2.75) is 157 Å². The second-order valence-electron chi connectivity index (χ2n) is 18.4. The number of para-hydroxylation sites is 2. The summed E-state index contributed by atoms with van der Waals surface area (Å²) in [4.78, 5) is 0. The van der Waals surface area contributed by atoms with Gasteiger partial charge in [-0.1, -0.05) is 86.3 Å². The first kappa shape index (κ1) is 49.9. The van der Waals surface area contributed by atoms with Gasteiger partial charge >= 0.3 is 65.2 Å². The van der Waals surface area contributed by atoms with Gasteiger partial charge in [-0.05, 0) is 151 Å². The molecular formula is C57H77O2P3Re+3. The molecule has 0 atom stereocenters. The van der Waals surface area contributed by atoms with Crippen molar-refractivity contribution in [3.05, 3.63) is 145 Å². The van der Waals surface area contributed by atoms with Gasteiger partial charge in [0.15, 0.2) is 11.5 Å². The summed E-state index contributed by atoms with van der Waals surface area (Å²) >= 11 is 1.60. The number of hydrogen-bond donors (Lipinski definition) is 2. The van der Waals surface area contributed by atoms with Crippen molar-refractivity contribution in [2.75, 3.05) is 6.66 Å². The molecule has 6 heteroatoms. The van der Waals surface area contributed by atoms with E-state index in [4.69, 9.17) is 0 Å². The van der Waals surface area contributed by atoms with Crippen molar-refractivity contribution in [3.63, 3.8) is 0 Å². The van der Waals surface area contributed by atoms with Gasteiger partial charge in [-0.3, -0.25) is 0 Å². The molecule has 5 aromatic carbocycles. The Balaban J connectivity index is 0.000000145. The van der Waals surface area contributed by atoms with Gasteiger partial charge in [-0.2, -0.15) is 0 Å². The average molecular weight is 1070 g/mol. The van der Waals surface area contributed by atoms with Crippen molar-refractivity contribution in [2.24, 2.45) is 0 Å². The first-order valence-corrected chi connectivity index (χ1v) is 31.3. The van der Waals surface area contributed by atoms with Crippen molar-refractivity contribution in [1.82, 2.24) is 0 Å². The predicted octanol–water partition coefficient (Wildman–Crippen LogP) is 14.0. The molecule has 336 valence electrons. The van der Waals surface area contributed by atoms with Crippen LogP contribution in [0.25, 0.3) is 0 Å². The van der Waals surface area contributed by atoms with Gasteiger partial charge in [-0.25, -0.2) is 0 Å². The van der Waals surface area contributed by atoms with Gasteiger partial charge in [-0.15, -0.1) is 0 Å². The van der Waals surface area contributed by atoms with Crippen LogP contribution in [-0.2, 0) is 25.0 Å². The summed E-state index contributed by atoms with van der Waals surface area (Å²) in [7, 11) is -1.75. The van der Waals surface area contributed by atoms with E-state index in [2.05, 4.69) is 120 Å². The molecule has 5 aromatic rings. The van der Waals surface area contributed by atoms with E-state index in [9.17, 15) is 10.2 Å². The van der Waals surface area contributed by atoms with E-state index in [-0.39, 0.29) is 0 Å². The molecule has 0 radical (unpaired) electrons. The van der Waals surface area contributed by atoms with E-state index in [1.165, 1.54) is 155 Å².